The first-order valence-corrected chi connectivity index (χ1v) is 16.0. The fourth-order valence-electron chi connectivity index (χ4n) is 3.61. The van der Waals surface area contributed by atoms with Crippen LogP contribution in [0.3, 0.4) is 0 Å². The van der Waals surface area contributed by atoms with Gasteiger partial charge in [-0.1, -0.05) is 48.5 Å². The standard InChI is InChI=1S/C15H13NOS2.C9H5ClOS.C6H9NS.HI/c17-15(16-8-7-12-5-3-9-18-12)14-10-11-4-1-2-6-13(11)19-14;10-9(11)8-5-6-3-1-2-4-7(6)12-8;7-4-3-6-2-1-5-8-6;/h1-6,9-10H,7-8H2,(H,16,17);1-5H;1-2,5H,3-4,7H2;1H. The van der Waals surface area contributed by atoms with E-state index in [0.29, 0.717) is 11.4 Å². The Hall–Kier alpha value is -2.12. The van der Waals surface area contributed by atoms with E-state index in [1.807, 2.05) is 66.7 Å². The zero-order valence-corrected chi connectivity index (χ0v) is 27.7. The van der Waals surface area contributed by atoms with E-state index in [9.17, 15) is 9.59 Å². The second-order valence-corrected chi connectivity index (χ2v) is 12.8. The molecule has 0 aliphatic rings. The number of amides is 1. The maximum Gasteiger partial charge on any atom is 0.262 e. The lowest BCUT2D eigenvalue weighted by atomic mass is 10.2. The van der Waals surface area contributed by atoms with Crippen LogP contribution in [0.5, 0.6) is 0 Å². The smallest absolute Gasteiger partial charge is 0.262 e. The third-order valence-corrected chi connectivity index (χ3v) is 9.89. The van der Waals surface area contributed by atoms with Crippen molar-refractivity contribution in [1.82, 2.24) is 5.32 Å². The average molecular weight is 739 g/mol. The minimum absolute atomic E-state index is 0. The highest BCUT2D eigenvalue weighted by atomic mass is 127. The van der Waals surface area contributed by atoms with E-state index in [4.69, 9.17) is 17.3 Å². The molecule has 0 fully saturated rings. The Morgan fingerprint density at radius 3 is 1.75 bits per heavy atom. The average Bonchev–Trinajstić information content (AvgIpc) is 3.76. The van der Waals surface area contributed by atoms with E-state index in [1.165, 1.54) is 21.1 Å². The minimum Gasteiger partial charge on any atom is -0.351 e. The van der Waals surface area contributed by atoms with Gasteiger partial charge in [-0.25, -0.2) is 0 Å². The maximum atomic E-state index is 12.0. The molecular formula is C30H28ClIN2O2S4. The molecule has 0 atom stereocenters. The Morgan fingerprint density at radius 2 is 1.25 bits per heavy atom. The van der Waals surface area contributed by atoms with Crippen molar-refractivity contribution >= 4 is 112 Å². The fourth-order valence-corrected chi connectivity index (χ4v) is 7.09. The van der Waals surface area contributed by atoms with Gasteiger partial charge in [-0.05, 0) is 88.9 Å². The summed E-state index contributed by atoms with van der Waals surface area (Å²) in [5, 5.41) is 8.94. The van der Waals surface area contributed by atoms with Gasteiger partial charge in [0, 0.05) is 25.7 Å². The van der Waals surface area contributed by atoms with Crippen LogP contribution in [0.2, 0.25) is 0 Å². The van der Waals surface area contributed by atoms with Crippen molar-refractivity contribution < 1.29 is 9.59 Å². The molecule has 0 saturated carbocycles. The number of carbonyl (C=O) groups is 2. The summed E-state index contributed by atoms with van der Waals surface area (Å²) >= 11 is 11.8. The molecule has 0 unspecified atom stereocenters. The topological polar surface area (TPSA) is 72.2 Å². The molecule has 0 bridgehead atoms. The number of benzene rings is 2. The van der Waals surface area contributed by atoms with Crippen LogP contribution in [0.15, 0.2) is 95.7 Å². The molecule has 2 aromatic carbocycles. The first kappa shape index (κ1) is 32.4. The molecule has 208 valence electrons. The zero-order chi connectivity index (χ0) is 27.5. The molecule has 4 aromatic heterocycles. The monoisotopic (exact) mass is 738 g/mol. The number of carbonyl (C=O) groups excluding carboxylic acids is 2. The van der Waals surface area contributed by atoms with Crippen molar-refractivity contribution in [1.29, 1.82) is 0 Å². The fraction of sp³-hybridized carbons (Fsp3) is 0.133. The predicted molar refractivity (Wildman–Crippen MR) is 187 cm³/mol. The molecule has 4 heterocycles. The molecule has 0 radical (unpaired) electrons. The van der Waals surface area contributed by atoms with Crippen molar-refractivity contribution in [3.05, 3.63) is 115 Å². The zero-order valence-electron chi connectivity index (χ0n) is 21.4. The Labute approximate surface area is 271 Å². The predicted octanol–water partition coefficient (Wildman–Crippen LogP) is 9.08. The van der Waals surface area contributed by atoms with Crippen LogP contribution in [-0.4, -0.2) is 24.2 Å². The third-order valence-electron chi connectivity index (χ3n) is 5.48. The number of thiophene rings is 4. The van der Waals surface area contributed by atoms with Gasteiger partial charge in [0.05, 0.1) is 9.75 Å². The summed E-state index contributed by atoms with van der Waals surface area (Å²) in [5.74, 6) is 0.0257. The number of fused-ring (bicyclic) bond motifs is 2. The van der Waals surface area contributed by atoms with Crippen molar-refractivity contribution in [2.24, 2.45) is 5.73 Å². The van der Waals surface area contributed by atoms with Crippen LogP contribution in [0, 0.1) is 0 Å². The SMILES string of the molecule is I.NCCc1cccs1.O=C(Cl)c1cc2ccccc2s1.O=C(NCCc1cccs1)c1cc2ccccc2s1. The van der Waals surface area contributed by atoms with Crippen molar-refractivity contribution in [2.75, 3.05) is 13.1 Å². The molecule has 10 heteroatoms. The summed E-state index contributed by atoms with van der Waals surface area (Å²) in [4.78, 5) is 26.9. The third kappa shape index (κ3) is 9.76. The molecule has 6 rings (SSSR count). The number of hydrogen-bond acceptors (Lipinski definition) is 7. The van der Waals surface area contributed by atoms with E-state index < -0.39 is 0 Å². The Balaban J connectivity index is 0.000000180. The highest BCUT2D eigenvalue weighted by molar-refractivity contribution is 14.0. The summed E-state index contributed by atoms with van der Waals surface area (Å²) in [6, 6.07) is 28.0. The molecule has 0 saturated heterocycles. The maximum absolute atomic E-state index is 12.0. The first-order chi connectivity index (χ1) is 19.0. The van der Waals surface area contributed by atoms with Crippen LogP contribution in [0.1, 0.15) is 29.1 Å². The summed E-state index contributed by atoms with van der Waals surface area (Å²) in [6.07, 6.45) is 1.92. The Bertz CT molecular complexity index is 1550. The minimum atomic E-state index is -0.379. The molecule has 4 nitrogen and oxygen atoms in total. The van der Waals surface area contributed by atoms with Crippen molar-refractivity contribution in [2.45, 2.75) is 12.8 Å². The highest BCUT2D eigenvalue weighted by Gasteiger charge is 2.09. The van der Waals surface area contributed by atoms with Crippen LogP contribution in [0.25, 0.3) is 20.2 Å². The number of nitrogens with two attached hydrogens (primary N) is 1. The van der Waals surface area contributed by atoms with Gasteiger partial charge in [0.2, 0.25) is 0 Å². The van der Waals surface area contributed by atoms with Crippen LogP contribution in [0.4, 0.5) is 0 Å². The molecule has 6 aromatic rings. The number of hydrogen-bond donors (Lipinski definition) is 2. The molecule has 0 aliphatic carbocycles. The van der Waals surface area contributed by atoms with Gasteiger partial charge < -0.3 is 11.1 Å². The lowest BCUT2D eigenvalue weighted by molar-refractivity contribution is 0.0958. The van der Waals surface area contributed by atoms with Gasteiger partial charge >= 0.3 is 0 Å². The first-order valence-electron chi connectivity index (χ1n) is 12.2. The second kappa shape index (κ2) is 17.0. The van der Waals surface area contributed by atoms with Gasteiger partial charge in [-0.3, -0.25) is 9.59 Å². The molecule has 0 aliphatic heterocycles. The van der Waals surface area contributed by atoms with E-state index >= 15 is 0 Å². The Kier molecular flexibility index (Phi) is 13.8. The quantitative estimate of drug-likeness (QED) is 0.127. The van der Waals surface area contributed by atoms with Gasteiger partial charge in [-0.2, -0.15) is 0 Å². The summed E-state index contributed by atoms with van der Waals surface area (Å²) in [7, 11) is 0. The summed E-state index contributed by atoms with van der Waals surface area (Å²) < 4.78 is 2.26. The van der Waals surface area contributed by atoms with Gasteiger partial charge in [0.15, 0.2) is 0 Å². The van der Waals surface area contributed by atoms with Crippen LogP contribution >= 0.6 is 80.9 Å². The summed E-state index contributed by atoms with van der Waals surface area (Å²) in [6.45, 7) is 1.45. The van der Waals surface area contributed by atoms with Gasteiger partial charge in [0.1, 0.15) is 0 Å². The largest absolute Gasteiger partial charge is 0.351 e. The highest BCUT2D eigenvalue weighted by Crippen LogP contribution is 2.26. The lowest BCUT2D eigenvalue weighted by Gasteiger charge is -2.01. The molecule has 3 N–H and O–H groups in total. The van der Waals surface area contributed by atoms with Crippen LogP contribution in [-0.2, 0) is 12.8 Å². The van der Waals surface area contributed by atoms with Gasteiger partial charge in [0.25, 0.3) is 11.1 Å². The van der Waals surface area contributed by atoms with E-state index in [-0.39, 0.29) is 35.1 Å². The van der Waals surface area contributed by atoms with Crippen LogP contribution < -0.4 is 11.1 Å². The second-order valence-electron chi connectivity index (χ2n) is 8.27. The normalized spacial score (nSPS) is 10.2. The van der Waals surface area contributed by atoms with Crippen molar-refractivity contribution in [3.63, 3.8) is 0 Å². The molecular weight excluding hydrogens is 711 g/mol. The van der Waals surface area contributed by atoms with E-state index in [1.54, 1.807) is 34.0 Å². The lowest BCUT2D eigenvalue weighted by Crippen LogP contribution is -2.24. The molecule has 1 amide bonds. The number of nitrogens with one attached hydrogen (secondary N) is 1. The summed E-state index contributed by atoms with van der Waals surface area (Å²) in [5.41, 5.74) is 5.33. The number of rotatable bonds is 7. The van der Waals surface area contributed by atoms with Crippen molar-refractivity contribution in [3.8, 4) is 0 Å². The molecule has 0 spiro atoms. The van der Waals surface area contributed by atoms with E-state index in [2.05, 4.69) is 34.3 Å². The molecule has 40 heavy (non-hydrogen) atoms. The van der Waals surface area contributed by atoms with Gasteiger partial charge in [-0.15, -0.1) is 69.3 Å². The number of halogens is 2. The Morgan fingerprint density at radius 1 is 0.725 bits per heavy atom. The van der Waals surface area contributed by atoms with E-state index in [0.717, 1.165) is 44.4 Å².